The van der Waals surface area contributed by atoms with Gasteiger partial charge in [0.2, 0.25) is 0 Å². The van der Waals surface area contributed by atoms with Crippen molar-refractivity contribution in [1.82, 2.24) is 4.90 Å². The van der Waals surface area contributed by atoms with Gasteiger partial charge in [-0.3, -0.25) is 4.90 Å². The van der Waals surface area contributed by atoms with Gasteiger partial charge in [0.1, 0.15) is 11.6 Å². The predicted octanol–water partition coefficient (Wildman–Crippen LogP) is 1.70. The lowest BCUT2D eigenvalue weighted by Crippen LogP contribution is -2.30. The number of fused-ring (bicyclic) bond motifs is 1. The lowest BCUT2D eigenvalue weighted by atomic mass is 9.98. The third-order valence-corrected chi connectivity index (χ3v) is 4.34. The Kier molecular flexibility index (Phi) is 2.99. The second-order valence-electron chi connectivity index (χ2n) is 5.68. The van der Waals surface area contributed by atoms with Crippen LogP contribution in [0, 0.1) is 17.7 Å². The first-order valence-corrected chi connectivity index (χ1v) is 6.58. The molecule has 2 fully saturated rings. The maximum Gasteiger partial charge on any atom is 0.127 e. The fourth-order valence-electron chi connectivity index (χ4n) is 3.51. The minimum atomic E-state index is -0.374. The van der Waals surface area contributed by atoms with Gasteiger partial charge in [-0.1, -0.05) is 0 Å². The van der Waals surface area contributed by atoms with E-state index in [4.69, 9.17) is 5.73 Å². The topological polar surface area (TPSA) is 49.5 Å². The summed E-state index contributed by atoms with van der Waals surface area (Å²) >= 11 is 0. The largest absolute Gasteiger partial charge is 0.508 e. The summed E-state index contributed by atoms with van der Waals surface area (Å²) in [6, 6.07) is 4.60. The zero-order valence-corrected chi connectivity index (χ0v) is 10.3. The molecule has 2 aliphatic rings. The molecule has 1 aliphatic heterocycles. The summed E-state index contributed by atoms with van der Waals surface area (Å²) < 4.78 is 13.2. The number of hydrogen-bond acceptors (Lipinski definition) is 3. The van der Waals surface area contributed by atoms with E-state index in [-0.39, 0.29) is 11.6 Å². The molecule has 0 aromatic heterocycles. The number of nitrogens with zero attached hydrogens (tertiary/aromatic N) is 1. The first-order chi connectivity index (χ1) is 8.61. The molecule has 4 heteroatoms. The van der Waals surface area contributed by atoms with E-state index in [1.807, 2.05) is 0 Å². The van der Waals surface area contributed by atoms with Crippen molar-refractivity contribution < 1.29 is 9.50 Å². The maximum atomic E-state index is 13.2. The second kappa shape index (κ2) is 4.52. The highest BCUT2D eigenvalue weighted by Gasteiger charge is 2.40. The van der Waals surface area contributed by atoms with Crippen molar-refractivity contribution in [3.8, 4) is 5.75 Å². The van der Waals surface area contributed by atoms with Crippen LogP contribution in [-0.4, -0.2) is 29.1 Å². The number of likely N-dealkylation sites (tertiary alicyclic amines) is 1. The number of aromatic hydroxyl groups is 1. The molecule has 0 bridgehead atoms. The summed E-state index contributed by atoms with van der Waals surface area (Å²) in [5.41, 5.74) is 6.93. The van der Waals surface area contributed by atoms with Crippen LogP contribution in [0.15, 0.2) is 18.2 Å². The van der Waals surface area contributed by atoms with Crippen molar-refractivity contribution in [3.63, 3.8) is 0 Å². The molecule has 1 heterocycles. The number of phenols is 1. The average molecular weight is 250 g/mol. The lowest BCUT2D eigenvalue weighted by molar-refractivity contribution is 0.297. The van der Waals surface area contributed by atoms with Crippen LogP contribution in [0.4, 0.5) is 4.39 Å². The van der Waals surface area contributed by atoms with E-state index in [1.165, 1.54) is 12.5 Å². The van der Waals surface area contributed by atoms with Crippen molar-refractivity contribution in [3.05, 3.63) is 29.6 Å². The first-order valence-electron chi connectivity index (χ1n) is 6.58. The summed E-state index contributed by atoms with van der Waals surface area (Å²) in [6.45, 7) is 2.75. The van der Waals surface area contributed by atoms with Crippen molar-refractivity contribution in [2.24, 2.45) is 17.6 Å². The first kappa shape index (κ1) is 11.9. The highest BCUT2D eigenvalue weighted by Crippen LogP contribution is 2.37. The van der Waals surface area contributed by atoms with Crippen molar-refractivity contribution in [2.75, 3.05) is 13.1 Å². The molecule has 18 heavy (non-hydrogen) atoms. The fraction of sp³-hybridized carbons (Fsp3) is 0.571. The molecule has 3 unspecified atom stereocenters. The minimum absolute atomic E-state index is 0.00101. The van der Waals surface area contributed by atoms with Crippen LogP contribution < -0.4 is 5.73 Å². The molecule has 0 amide bonds. The molecule has 0 spiro atoms. The van der Waals surface area contributed by atoms with E-state index in [9.17, 15) is 9.50 Å². The smallest absolute Gasteiger partial charge is 0.127 e. The van der Waals surface area contributed by atoms with Gasteiger partial charge in [0.25, 0.3) is 0 Å². The fourth-order valence-corrected chi connectivity index (χ4v) is 3.51. The van der Waals surface area contributed by atoms with E-state index in [0.717, 1.165) is 31.1 Å². The lowest BCUT2D eigenvalue weighted by Gasteiger charge is -2.18. The van der Waals surface area contributed by atoms with E-state index >= 15 is 0 Å². The Morgan fingerprint density at radius 3 is 2.83 bits per heavy atom. The summed E-state index contributed by atoms with van der Waals surface area (Å²) in [4.78, 5) is 2.32. The molecule has 3 atom stereocenters. The van der Waals surface area contributed by atoms with Crippen LogP contribution in [-0.2, 0) is 6.54 Å². The van der Waals surface area contributed by atoms with Crippen LogP contribution in [0.2, 0.25) is 0 Å². The molecular formula is C14H19FN2O. The van der Waals surface area contributed by atoms with Gasteiger partial charge in [-0.15, -0.1) is 0 Å². The summed E-state index contributed by atoms with van der Waals surface area (Å²) in [7, 11) is 0. The maximum absolute atomic E-state index is 13.2. The number of phenolic OH excluding ortho intramolecular Hbond substituents is 1. The van der Waals surface area contributed by atoms with Gasteiger partial charge >= 0.3 is 0 Å². The highest BCUT2D eigenvalue weighted by atomic mass is 19.1. The highest BCUT2D eigenvalue weighted by molar-refractivity contribution is 5.28. The van der Waals surface area contributed by atoms with Crippen LogP contribution >= 0.6 is 0 Å². The quantitative estimate of drug-likeness (QED) is 0.840. The Morgan fingerprint density at radius 2 is 2.11 bits per heavy atom. The molecular weight excluding hydrogens is 231 g/mol. The zero-order valence-electron chi connectivity index (χ0n) is 10.3. The SMILES string of the molecule is NC1CCC2CN(Cc3cc(O)cc(F)c3)CC12. The van der Waals surface area contributed by atoms with Crippen molar-refractivity contribution in [1.29, 1.82) is 0 Å². The summed E-state index contributed by atoms with van der Waals surface area (Å²) in [5, 5.41) is 9.39. The van der Waals surface area contributed by atoms with E-state index < -0.39 is 0 Å². The van der Waals surface area contributed by atoms with Crippen LogP contribution in [0.5, 0.6) is 5.75 Å². The molecule has 1 aromatic carbocycles. The molecule has 1 saturated heterocycles. The van der Waals surface area contributed by atoms with Crippen molar-refractivity contribution in [2.45, 2.75) is 25.4 Å². The Balaban J connectivity index is 1.67. The Bertz CT molecular complexity index is 431. The number of nitrogens with two attached hydrogens (primary N) is 1. The van der Waals surface area contributed by atoms with Gasteiger partial charge in [0.05, 0.1) is 0 Å². The van der Waals surface area contributed by atoms with Gasteiger partial charge in [0, 0.05) is 31.7 Å². The molecule has 1 aliphatic carbocycles. The number of hydrogen-bond donors (Lipinski definition) is 2. The number of halogens is 1. The van der Waals surface area contributed by atoms with E-state index in [0.29, 0.717) is 24.4 Å². The van der Waals surface area contributed by atoms with Crippen molar-refractivity contribution >= 4 is 0 Å². The van der Waals surface area contributed by atoms with Gasteiger partial charge in [-0.25, -0.2) is 4.39 Å². The molecule has 98 valence electrons. The van der Waals surface area contributed by atoms with Crippen LogP contribution in [0.1, 0.15) is 18.4 Å². The minimum Gasteiger partial charge on any atom is -0.508 e. The number of benzene rings is 1. The Morgan fingerprint density at radius 1 is 1.28 bits per heavy atom. The molecule has 1 aromatic rings. The van der Waals surface area contributed by atoms with Crippen LogP contribution in [0.25, 0.3) is 0 Å². The standard InChI is InChI=1S/C14H19FN2O/c15-11-3-9(4-12(18)5-11)6-17-7-10-1-2-14(16)13(10)8-17/h3-5,10,13-14,18H,1-2,6-8,16H2. The number of rotatable bonds is 2. The van der Waals surface area contributed by atoms with Gasteiger partial charge in [-0.2, -0.15) is 0 Å². The van der Waals surface area contributed by atoms with Gasteiger partial charge < -0.3 is 10.8 Å². The predicted molar refractivity (Wildman–Crippen MR) is 67.5 cm³/mol. The Hall–Kier alpha value is -1.13. The second-order valence-corrected chi connectivity index (χ2v) is 5.68. The molecule has 0 radical (unpaired) electrons. The molecule has 1 saturated carbocycles. The Labute approximate surface area is 106 Å². The summed E-state index contributed by atoms with van der Waals surface area (Å²) in [5.74, 6) is 0.941. The van der Waals surface area contributed by atoms with E-state index in [2.05, 4.69) is 4.90 Å². The third kappa shape index (κ3) is 2.22. The monoisotopic (exact) mass is 250 g/mol. The zero-order chi connectivity index (χ0) is 12.7. The van der Waals surface area contributed by atoms with Gasteiger partial charge in [-0.05, 0) is 42.4 Å². The summed E-state index contributed by atoms with van der Waals surface area (Å²) in [6.07, 6.45) is 2.36. The molecule has 3 N–H and O–H groups in total. The normalized spacial score (nSPS) is 31.8. The van der Waals surface area contributed by atoms with Gasteiger partial charge in [0.15, 0.2) is 0 Å². The molecule has 3 nitrogen and oxygen atoms in total. The molecule has 3 rings (SSSR count). The van der Waals surface area contributed by atoms with E-state index in [1.54, 1.807) is 6.07 Å². The van der Waals surface area contributed by atoms with Crippen LogP contribution in [0.3, 0.4) is 0 Å². The third-order valence-electron chi connectivity index (χ3n) is 4.34. The average Bonchev–Trinajstić information content (AvgIpc) is 2.80.